The van der Waals surface area contributed by atoms with Gasteiger partial charge in [0.05, 0.1) is 25.9 Å². The molecular formula is C32H50O7. The predicted octanol–water partition coefficient (Wildman–Crippen LogP) is 4.42. The largest absolute Gasteiger partial charge is 0.468 e. The number of ether oxygens (including phenoxy) is 2. The zero-order valence-corrected chi connectivity index (χ0v) is 25.4. The van der Waals surface area contributed by atoms with Crippen molar-refractivity contribution in [2.45, 2.75) is 111 Å². The van der Waals surface area contributed by atoms with Gasteiger partial charge in [-0.1, -0.05) is 53.2 Å². The Hall–Kier alpha value is -1.44. The average molecular weight is 547 g/mol. The quantitative estimate of drug-likeness (QED) is 0.347. The van der Waals surface area contributed by atoms with Crippen molar-refractivity contribution in [3.05, 3.63) is 11.6 Å². The Labute approximate surface area is 233 Å². The minimum absolute atomic E-state index is 0.142. The molecule has 5 rings (SSSR count). The van der Waals surface area contributed by atoms with Crippen LogP contribution in [0, 0.1) is 50.7 Å². The Kier molecular flexibility index (Phi) is 6.20. The van der Waals surface area contributed by atoms with Gasteiger partial charge < -0.3 is 24.8 Å². The highest BCUT2D eigenvalue weighted by Crippen LogP contribution is 2.78. The first-order chi connectivity index (χ1) is 17.9. The summed E-state index contributed by atoms with van der Waals surface area (Å²) in [6.07, 6.45) is 5.74. The molecule has 39 heavy (non-hydrogen) atoms. The van der Waals surface area contributed by atoms with E-state index in [9.17, 15) is 24.9 Å². The van der Waals surface area contributed by atoms with Crippen LogP contribution in [-0.2, 0) is 19.1 Å². The van der Waals surface area contributed by atoms with Crippen LogP contribution in [0.25, 0.3) is 0 Å². The first-order valence-corrected chi connectivity index (χ1v) is 14.9. The highest BCUT2D eigenvalue weighted by Gasteiger charge is 2.76. The van der Waals surface area contributed by atoms with Crippen LogP contribution < -0.4 is 0 Å². The number of methoxy groups -OCH3 is 2. The summed E-state index contributed by atoms with van der Waals surface area (Å²) in [4.78, 5) is 26.5. The Morgan fingerprint density at radius 1 is 0.923 bits per heavy atom. The van der Waals surface area contributed by atoms with Gasteiger partial charge >= 0.3 is 11.9 Å². The molecule has 0 aliphatic heterocycles. The maximum atomic E-state index is 13.5. The van der Waals surface area contributed by atoms with Gasteiger partial charge in [0.15, 0.2) is 5.60 Å². The summed E-state index contributed by atoms with van der Waals surface area (Å²) in [6, 6.07) is 0. The summed E-state index contributed by atoms with van der Waals surface area (Å²) in [5, 5.41) is 35.4. The normalized spacial score (nSPS) is 53.8. The van der Waals surface area contributed by atoms with Gasteiger partial charge in [0, 0.05) is 11.3 Å². The Bertz CT molecular complexity index is 1110. The number of carbonyl (C=O) groups is 2. The molecule has 0 unspecified atom stereocenters. The van der Waals surface area contributed by atoms with Gasteiger partial charge in [0.25, 0.3) is 0 Å². The molecule has 7 nitrogen and oxygen atoms in total. The fourth-order valence-electron chi connectivity index (χ4n) is 11.5. The molecule has 5 aliphatic carbocycles. The van der Waals surface area contributed by atoms with Gasteiger partial charge in [-0.05, 0) is 85.9 Å². The molecule has 0 aromatic carbocycles. The van der Waals surface area contributed by atoms with E-state index in [1.54, 1.807) is 0 Å². The van der Waals surface area contributed by atoms with Crippen LogP contribution in [-0.4, -0.2) is 58.8 Å². The zero-order chi connectivity index (χ0) is 29.2. The van der Waals surface area contributed by atoms with E-state index in [-0.39, 0.29) is 34.0 Å². The van der Waals surface area contributed by atoms with Crippen LogP contribution in [0.3, 0.4) is 0 Å². The summed E-state index contributed by atoms with van der Waals surface area (Å²) in [5.74, 6) is -1.39. The maximum Gasteiger partial charge on any atom is 0.338 e. The van der Waals surface area contributed by atoms with Crippen molar-refractivity contribution in [3.63, 3.8) is 0 Å². The average Bonchev–Trinajstić information content (AvgIpc) is 3.02. The third-order valence-electron chi connectivity index (χ3n) is 14.1. The number of esters is 2. The van der Waals surface area contributed by atoms with Crippen molar-refractivity contribution < 1.29 is 34.4 Å². The fourth-order valence-corrected chi connectivity index (χ4v) is 11.5. The number of rotatable bonds is 2. The lowest BCUT2D eigenvalue weighted by Crippen LogP contribution is -2.69. The lowest BCUT2D eigenvalue weighted by molar-refractivity contribution is -0.225. The van der Waals surface area contributed by atoms with Gasteiger partial charge in [-0.3, -0.25) is 4.79 Å². The highest BCUT2D eigenvalue weighted by molar-refractivity contribution is 5.81. The molecule has 0 amide bonds. The van der Waals surface area contributed by atoms with Crippen LogP contribution in [0.5, 0.6) is 0 Å². The standard InChI is InChI=1S/C32H50O7/c1-18-16-22(33)31(24(34)38-8)15-14-28(5)19(23(31)30(18,7)36)10-11-21-27(4)17-32(37,25(35)39-9)26(2,3)20(27)12-13-29(21,28)6/h10,18,20-23,33,36-37H,11-17H2,1-9H3/t18-,20+,21-,22+,23-,27+,28-,29-,30-,31-,32-/m1/s1. The van der Waals surface area contributed by atoms with E-state index in [1.165, 1.54) is 14.2 Å². The van der Waals surface area contributed by atoms with E-state index in [2.05, 4.69) is 26.8 Å². The van der Waals surface area contributed by atoms with Crippen molar-refractivity contribution in [2.24, 2.45) is 50.7 Å². The van der Waals surface area contributed by atoms with Gasteiger partial charge in [0.2, 0.25) is 0 Å². The number of aliphatic hydroxyl groups excluding tert-OH is 1. The topological polar surface area (TPSA) is 113 Å². The van der Waals surface area contributed by atoms with Crippen molar-refractivity contribution >= 4 is 11.9 Å². The highest BCUT2D eigenvalue weighted by atomic mass is 16.5. The Balaban J connectivity index is 1.67. The monoisotopic (exact) mass is 546 g/mol. The molecule has 0 heterocycles. The van der Waals surface area contributed by atoms with Crippen molar-refractivity contribution in [1.29, 1.82) is 0 Å². The van der Waals surface area contributed by atoms with Crippen LogP contribution in [0.2, 0.25) is 0 Å². The molecule has 11 atom stereocenters. The molecule has 0 aromatic heterocycles. The molecule has 0 saturated heterocycles. The molecule has 0 bridgehead atoms. The van der Waals surface area contributed by atoms with Crippen molar-refractivity contribution in [1.82, 2.24) is 0 Å². The summed E-state index contributed by atoms with van der Waals surface area (Å²) in [6.45, 7) is 14.7. The maximum absolute atomic E-state index is 13.5. The number of aliphatic hydroxyl groups is 3. The summed E-state index contributed by atoms with van der Waals surface area (Å²) >= 11 is 0. The third-order valence-corrected chi connectivity index (χ3v) is 14.1. The van der Waals surface area contributed by atoms with Gasteiger partial charge in [0.1, 0.15) is 5.41 Å². The second-order valence-electron chi connectivity index (χ2n) is 15.4. The molecule has 4 fully saturated rings. The molecule has 5 aliphatic rings. The van der Waals surface area contributed by atoms with Gasteiger partial charge in [-0.25, -0.2) is 4.79 Å². The van der Waals surface area contributed by atoms with Crippen molar-refractivity contribution in [3.8, 4) is 0 Å². The Morgan fingerprint density at radius 2 is 1.54 bits per heavy atom. The zero-order valence-electron chi connectivity index (χ0n) is 25.4. The van der Waals surface area contributed by atoms with Crippen LogP contribution >= 0.6 is 0 Å². The number of hydrogen-bond donors (Lipinski definition) is 3. The Morgan fingerprint density at radius 3 is 2.13 bits per heavy atom. The van der Waals surface area contributed by atoms with E-state index in [4.69, 9.17) is 9.47 Å². The van der Waals surface area contributed by atoms with E-state index in [1.807, 2.05) is 27.7 Å². The van der Waals surface area contributed by atoms with E-state index in [0.29, 0.717) is 25.7 Å². The minimum atomic E-state index is -1.56. The van der Waals surface area contributed by atoms with Crippen LogP contribution in [0.15, 0.2) is 11.6 Å². The molecular weight excluding hydrogens is 496 g/mol. The number of hydrogen-bond acceptors (Lipinski definition) is 7. The van der Waals surface area contributed by atoms with Gasteiger partial charge in [-0.15, -0.1) is 0 Å². The first kappa shape index (κ1) is 29.1. The molecule has 0 aromatic rings. The molecule has 220 valence electrons. The van der Waals surface area contributed by atoms with Gasteiger partial charge in [-0.2, -0.15) is 0 Å². The van der Waals surface area contributed by atoms with E-state index in [0.717, 1.165) is 24.8 Å². The van der Waals surface area contributed by atoms with E-state index < -0.39 is 46.0 Å². The van der Waals surface area contributed by atoms with Crippen LogP contribution in [0.1, 0.15) is 93.4 Å². The molecule has 4 saturated carbocycles. The number of carbonyl (C=O) groups excluding carboxylic acids is 2. The summed E-state index contributed by atoms with van der Waals surface area (Å²) in [5.41, 5.74) is -4.31. The first-order valence-electron chi connectivity index (χ1n) is 14.9. The molecule has 7 heteroatoms. The molecule has 0 radical (unpaired) electrons. The lowest BCUT2D eigenvalue weighted by atomic mass is 9.34. The second-order valence-corrected chi connectivity index (χ2v) is 15.4. The SMILES string of the molecule is COC(=O)[C@@]12CC[C@]3(C)C(=CC[C@@H]4[C@@]5(C)C[C@@](O)(C(=O)OC)C(C)(C)[C@@H]5CC[C@]43C)[C@@H]1[C@](C)(O)[C@H](C)C[C@@H]2O. The van der Waals surface area contributed by atoms with E-state index >= 15 is 0 Å². The predicted molar refractivity (Wildman–Crippen MR) is 146 cm³/mol. The minimum Gasteiger partial charge on any atom is -0.468 e. The molecule has 3 N–H and O–H groups in total. The van der Waals surface area contributed by atoms with Crippen molar-refractivity contribution in [2.75, 3.05) is 14.2 Å². The summed E-state index contributed by atoms with van der Waals surface area (Å²) < 4.78 is 10.5. The third kappa shape index (κ3) is 3.11. The molecule has 0 spiro atoms. The second kappa shape index (κ2) is 8.32. The number of fused-ring (bicyclic) bond motifs is 7. The fraction of sp³-hybridized carbons (Fsp3) is 0.875. The summed E-state index contributed by atoms with van der Waals surface area (Å²) in [7, 11) is 2.73. The smallest absolute Gasteiger partial charge is 0.338 e. The number of allylic oxidation sites excluding steroid dienone is 1. The lowest BCUT2D eigenvalue weighted by Gasteiger charge is -2.70. The van der Waals surface area contributed by atoms with Crippen LogP contribution in [0.4, 0.5) is 0 Å².